The second-order valence-electron chi connectivity index (χ2n) is 7.55. The minimum atomic E-state index is 0.651. The minimum Gasteiger partial charge on any atom is -0.320 e. The Hall–Kier alpha value is -3.17. The molecule has 0 N–H and O–H groups in total. The van der Waals surface area contributed by atoms with E-state index >= 15 is 0 Å². The van der Waals surface area contributed by atoms with Gasteiger partial charge in [-0.15, -0.1) is 6.58 Å². The number of allylic oxidation sites excluding steroid dienone is 1. The van der Waals surface area contributed by atoms with Gasteiger partial charge in [-0.2, -0.15) is 0 Å². The Kier molecular flexibility index (Phi) is 5.56. The van der Waals surface area contributed by atoms with Crippen LogP contribution >= 0.6 is 11.6 Å². The van der Waals surface area contributed by atoms with Crippen LogP contribution < -0.4 is 0 Å². The van der Waals surface area contributed by atoms with Crippen LogP contribution in [0.5, 0.6) is 0 Å². The van der Waals surface area contributed by atoms with Gasteiger partial charge >= 0.3 is 0 Å². The van der Waals surface area contributed by atoms with Crippen molar-refractivity contribution in [3.8, 4) is 33.9 Å². The summed E-state index contributed by atoms with van der Waals surface area (Å²) in [6, 6.07) is 16.3. The Balaban J connectivity index is 2.08. The summed E-state index contributed by atoms with van der Waals surface area (Å²) in [6.07, 6.45) is 5.52. The lowest BCUT2D eigenvalue weighted by Crippen LogP contribution is -2.03. The molecule has 0 bridgehead atoms. The molecular formula is C26H24ClN3. The van der Waals surface area contributed by atoms with Crippen LogP contribution in [0.25, 0.3) is 33.9 Å². The van der Waals surface area contributed by atoms with Crippen molar-refractivity contribution in [3.63, 3.8) is 0 Å². The zero-order chi connectivity index (χ0) is 21.3. The predicted molar refractivity (Wildman–Crippen MR) is 126 cm³/mol. The van der Waals surface area contributed by atoms with Crippen molar-refractivity contribution in [1.29, 1.82) is 0 Å². The van der Waals surface area contributed by atoms with E-state index in [0.29, 0.717) is 11.6 Å². The van der Waals surface area contributed by atoms with E-state index in [-0.39, 0.29) is 0 Å². The van der Waals surface area contributed by atoms with E-state index in [1.807, 2.05) is 42.5 Å². The van der Waals surface area contributed by atoms with Crippen molar-refractivity contribution in [3.05, 3.63) is 95.3 Å². The third-order valence-electron chi connectivity index (χ3n) is 5.25. The van der Waals surface area contributed by atoms with Gasteiger partial charge in [0.2, 0.25) is 0 Å². The summed E-state index contributed by atoms with van der Waals surface area (Å²) in [4.78, 5) is 9.35. The molecule has 4 heteroatoms. The summed E-state index contributed by atoms with van der Waals surface area (Å²) < 4.78 is 2.25. The van der Waals surface area contributed by atoms with Gasteiger partial charge in [-0.05, 0) is 56.2 Å². The molecular weight excluding hydrogens is 390 g/mol. The number of halogens is 1. The molecule has 2 aromatic heterocycles. The lowest BCUT2D eigenvalue weighted by Gasteiger charge is -2.15. The Morgan fingerprint density at radius 1 is 0.933 bits per heavy atom. The van der Waals surface area contributed by atoms with E-state index in [9.17, 15) is 0 Å². The highest BCUT2D eigenvalue weighted by atomic mass is 35.5. The summed E-state index contributed by atoms with van der Waals surface area (Å²) >= 11 is 6.17. The van der Waals surface area contributed by atoms with Crippen LogP contribution in [-0.2, 0) is 6.54 Å². The molecule has 0 fully saturated rings. The van der Waals surface area contributed by atoms with Crippen LogP contribution in [0.15, 0.2) is 73.6 Å². The van der Waals surface area contributed by atoms with Crippen molar-refractivity contribution in [2.45, 2.75) is 27.3 Å². The minimum absolute atomic E-state index is 0.651. The maximum absolute atomic E-state index is 6.17. The quantitative estimate of drug-likeness (QED) is 0.328. The number of imidazole rings is 1. The third kappa shape index (κ3) is 3.69. The molecule has 4 aromatic rings. The molecule has 0 atom stereocenters. The van der Waals surface area contributed by atoms with Gasteiger partial charge in [0.15, 0.2) is 0 Å². The number of rotatable bonds is 5. The predicted octanol–water partition coefficient (Wildman–Crippen LogP) is 7.04. The van der Waals surface area contributed by atoms with Crippen molar-refractivity contribution in [2.75, 3.05) is 0 Å². The topological polar surface area (TPSA) is 30.7 Å². The summed E-state index contributed by atoms with van der Waals surface area (Å²) in [7, 11) is 0. The normalized spacial score (nSPS) is 10.9. The molecule has 0 saturated carbocycles. The number of pyridine rings is 1. The molecule has 0 saturated heterocycles. The number of aryl methyl sites for hydroxylation is 3. The Bertz CT molecular complexity index is 1180. The SMILES string of the molecule is C=CCn1c(-c2c(C)cc(C)cc2C)nc(-c2ccncc2)c1-c1ccc(Cl)cc1. The fourth-order valence-electron chi connectivity index (χ4n) is 4.09. The van der Waals surface area contributed by atoms with Crippen LogP contribution in [0.3, 0.4) is 0 Å². The highest BCUT2D eigenvalue weighted by molar-refractivity contribution is 6.30. The van der Waals surface area contributed by atoms with E-state index in [0.717, 1.165) is 33.9 Å². The fourth-order valence-corrected chi connectivity index (χ4v) is 4.22. The van der Waals surface area contributed by atoms with E-state index in [1.165, 1.54) is 16.7 Å². The number of benzene rings is 2. The Morgan fingerprint density at radius 3 is 2.17 bits per heavy atom. The van der Waals surface area contributed by atoms with Gasteiger partial charge in [0.25, 0.3) is 0 Å². The van der Waals surface area contributed by atoms with Gasteiger partial charge in [-0.25, -0.2) is 4.98 Å². The number of aromatic nitrogens is 3. The maximum Gasteiger partial charge on any atom is 0.141 e. The van der Waals surface area contributed by atoms with Crippen molar-refractivity contribution < 1.29 is 0 Å². The first-order chi connectivity index (χ1) is 14.5. The number of hydrogen-bond acceptors (Lipinski definition) is 2. The third-order valence-corrected chi connectivity index (χ3v) is 5.50. The summed E-state index contributed by atoms with van der Waals surface area (Å²) in [6.45, 7) is 11.1. The smallest absolute Gasteiger partial charge is 0.141 e. The Labute approximate surface area is 182 Å². The number of hydrogen-bond donors (Lipinski definition) is 0. The van der Waals surface area contributed by atoms with Crippen LogP contribution in [-0.4, -0.2) is 14.5 Å². The molecule has 4 rings (SSSR count). The zero-order valence-electron chi connectivity index (χ0n) is 17.5. The van der Waals surface area contributed by atoms with Gasteiger partial charge in [0.05, 0.1) is 11.4 Å². The molecule has 0 radical (unpaired) electrons. The average Bonchev–Trinajstić information content (AvgIpc) is 3.08. The van der Waals surface area contributed by atoms with Crippen molar-refractivity contribution in [1.82, 2.24) is 14.5 Å². The second-order valence-corrected chi connectivity index (χ2v) is 7.98. The molecule has 0 spiro atoms. The maximum atomic E-state index is 6.17. The van der Waals surface area contributed by atoms with Gasteiger partial charge in [0.1, 0.15) is 5.82 Å². The van der Waals surface area contributed by atoms with Gasteiger partial charge in [0, 0.05) is 40.7 Å². The summed E-state index contributed by atoms with van der Waals surface area (Å²) in [5.41, 5.74) is 8.91. The first-order valence-electron chi connectivity index (χ1n) is 9.95. The highest BCUT2D eigenvalue weighted by Crippen LogP contribution is 2.38. The van der Waals surface area contributed by atoms with Gasteiger partial charge in [-0.1, -0.05) is 47.5 Å². The van der Waals surface area contributed by atoms with Crippen LogP contribution in [0.4, 0.5) is 0 Å². The van der Waals surface area contributed by atoms with E-state index in [4.69, 9.17) is 16.6 Å². The molecule has 0 aliphatic heterocycles. The van der Waals surface area contributed by atoms with Crippen molar-refractivity contribution in [2.24, 2.45) is 0 Å². The van der Waals surface area contributed by atoms with Crippen LogP contribution in [0.2, 0.25) is 5.02 Å². The zero-order valence-corrected chi connectivity index (χ0v) is 18.2. The lowest BCUT2D eigenvalue weighted by atomic mass is 9.99. The van der Waals surface area contributed by atoms with E-state index in [2.05, 4.69) is 49.0 Å². The molecule has 2 heterocycles. The van der Waals surface area contributed by atoms with Crippen molar-refractivity contribution >= 4 is 11.6 Å². The van der Waals surface area contributed by atoms with Crippen LogP contribution in [0.1, 0.15) is 16.7 Å². The lowest BCUT2D eigenvalue weighted by molar-refractivity contribution is 0.838. The first kappa shape index (κ1) is 20.1. The van der Waals surface area contributed by atoms with E-state index < -0.39 is 0 Å². The molecule has 2 aromatic carbocycles. The average molecular weight is 414 g/mol. The van der Waals surface area contributed by atoms with E-state index in [1.54, 1.807) is 12.4 Å². The monoisotopic (exact) mass is 413 g/mol. The molecule has 0 aliphatic carbocycles. The molecule has 0 amide bonds. The highest BCUT2D eigenvalue weighted by Gasteiger charge is 2.22. The molecule has 150 valence electrons. The number of nitrogens with zero attached hydrogens (tertiary/aromatic N) is 3. The first-order valence-corrected chi connectivity index (χ1v) is 10.3. The largest absolute Gasteiger partial charge is 0.320 e. The van der Waals surface area contributed by atoms with Gasteiger partial charge < -0.3 is 4.57 Å². The second kappa shape index (κ2) is 8.29. The molecule has 30 heavy (non-hydrogen) atoms. The molecule has 0 aliphatic rings. The Morgan fingerprint density at radius 2 is 1.57 bits per heavy atom. The molecule has 0 unspecified atom stereocenters. The fraction of sp³-hybridized carbons (Fsp3) is 0.154. The summed E-state index contributed by atoms with van der Waals surface area (Å²) in [5.74, 6) is 0.946. The van der Waals surface area contributed by atoms with Gasteiger partial charge in [-0.3, -0.25) is 4.98 Å². The van der Waals surface area contributed by atoms with Crippen LogP contribution in [0, 0.1) is 20.8 Å². The summed E-state index contributed by atoms with van der Waals surface area (Å²) in [5, 5.41) is 0.712. The standard InChI is InChI=1S/C26H24ClN3/c1-5-14-30-25(21-6-8-22(27)9-7-21)24(20-10-12-28-13-11-20)29-26(30)23-18(3)15-17(2)16-19(23)4/h5-13,15-16H,1,14H2,2-4H3. The molecule has 3 nitrogen and oxygen atoms in total.